The molecule has 1 N–H and O–H groups in total. The molecule has 1 aliphatic rings. The van der Waals surface area contributed by atoms with E-state index in [1.807, 2.05) is 10.9 Å². The number of rotatable bonds is 5. The minimum atomic E-state index is -0.715. The van der Waals surface area contributed by atoms with E-state index in [0.717, 1.165) is 54.9 Å². The summed E-state index contributed by atoms with van der Waals surface area (Å²) < 4.78 is 2.91. The van der Waals surface area contributed by atoms with E-state index in [-0.39, 0.29) is 0 Å². The lowest BCUT2D eigenvalue weighted by molar-refractivity contribution is -0.0229. The minimum absolute atomic E-state index is 0.715. The topological polar surface area (TPSA) is 41.3 Å². The van der Waals surface area contributed by atoms with Crippen molar-refractivity contribution in [2.45, 2.75) is 51.2 Å². The van der Waals surface area contributed by atoms with Crippen molar-refractivity contribution in [1.82, 2.24) is 14.7 Å². The zero-order valence-electron chi connectivity index (χ0n) is 12.8. The third-order valence-corrected chi connectivity index (χ3v) is 5.08. The van der Waals surface area contributed by atoms with Gasteiger partial charge in [0.2, 0.25) is 0 Å². The number of hydrogen-bond donors (Lipinski definition) is 1. The zero-order chi connectivity index (χ0) is 14.8. The maximum absolute atomic E-state index is 11.1. The zero-order valence-corrected chi connectivity index (χ0v) is 14.4. The van der Waals surface area contributed by atoms with Crippen molar-refractivity contribution in [1.29, 1.82) is 0 Å². The largest absolute Gasteiger partial charge is 0.384 e. The van der Waals surface area contributed by atoms with Crippen molar-refractivity contribution >= 4 is 15.9 Å². The molecule has 0 saturated heterocycles. The van der Waals surface area contributed by atoms with Gasteiger partial charge in [-0.1, -0.05) is 13.3 Å². The monoisotopic (exact) mass is 343 g/mol. The fraction of sp³-hybridized carbons (Fsp3) is 0.800. The highest BCUT2D eigenvalue weighted by Crippen LogP contribution is 2.42. The molecule has 1 fully saturated rings. The Balaban J connectivity index is 2.16. The number of likely N-dealkylation sites (N-methyl/N-ethyl adjacent to an activating group) is 1. The Morgan fingerprint density at radius 2 is 2.10 bits per heavy atom. The van der Waals surface area contributed by atoms with Crippen LogP contribution in [0, 0.1) is 5.92 Å². The van der Waals surface area contributed by atoms with Crippen LogP contribution in [-0.4, -0.2) is 40.4 Å². The van der Waals surface area contributed by atoms with Crippen LogP contribution in [0.2, 0.25) is 0 Å². The molecule has 1 aliphatic carbocycles. The molecule has 0 atom stereocenters. The highest BCUT2D eigenvalue weighted by molar-refractivity contribution is 9.10. The van der Waals surface area contributed by atoms with Gasteiger partial charge in [-0.15, -0.1) is 0 Å². The van der Waals surface area contributed by atoms with Crippen LogP contribution in [0.5, 0.6) is 0 Å². The number of halogens is 1. The molecular weight excluding hydrogens is 318 g/mol. The highest BCUT2D eigenvalue weighted by atomic mass is 79.9. The van der Waals surface area contributed by atoms with E-state index >= 15 is 0 Å². The van der Waals surface area contributed by atoms with Crippen LogP contribution in [0.15, 0.2) is 10.7 Å². The van der Waals surface area contributed by atoms with Gasteiger partial charge in [-0.25, -0.2) is 0 Å². The van der Waals surface area contributed by atoms with Crippen molar-refractivity contribution in [2.75, 3.05) is 20.6 Å². The molecule has 0 unspecified atom stereocenters. The highest BCUT2D eigenvalue weighted by Gasteiger charge is 2.38. The molecule has 1 heterocycles. The fourth-order valence-electron chi connectivity index (χ4n) is 3.09. The van der Waals surface area contributed by atoms with E-state index < -0.39 is 5.60 Å². The van der Waals surface area contributed by atoms with Crippen molar-refractivity contribution in [3.05, 3.63) is 16.4 Å². The second-order valence-corrected chi connectivity index (χ2v) is 7.11. The van der Waals surface area contributed by atoms with Gasteiger partial charge >= 0.3 is 0 Å². The normalized spacial score (nSPS) is 27.2. The third-order valence-electron chi connectivity index (χ3n) is 4.50. The molecule has 1 aromatic rings. The summed E-state index contributed by atoms with van der Waals surface area (Å²) in [5, 5.41) is 15.5. The summed E-state index contributed by atoms with van der Waals surface area (Å²) in [5.41, 5.74) is 0.252. The molecule has 0 radical (unpaired) electrons. The summed E-state index contributed by atoms with van der Waals surface area (Å²) in [6.07, 6.45) is 6.94. The van der Waals surface area contributed by atoms with Crippen LogP contribution in [-0.2, 0) is 12.1 Å². The van der Waals surface area contributed by atoms with Gasteiger partial charge in [-0.05, 0) is 61.6 Å². The molecule has 0 aliphatic heterocycles. The smallest absolute Gasteiger partial charge is 0.107 e. The lowest BCUT2D eigenvalue weighted by Crippen LogP contribution is -2.35. The second kappa shape index (κ2) is 6.58. The summed E-state index contributed by atoms with van der Waals surface area (Å²) in [4.78, 5) is 2.14. The van der Waals surface area contributed by atoms with Gasteiger partial charge in [0.05, 0.1) is 22.9 Å². The Morgan fingerprint density at radius 1 is 1.45 bits per heavy atom. The summed E-state index contributed by atoms with van der Waals surface area (Å²) in [5.74, 6) is 0.771. The van der Waals surface area contributed by atoms with Crippen LogP contribution in [0.3, 0.4) is 0 Å². The standard InChI is InChI=1S/C15H26BrN3O/c1-4-12-5-7-15(20,8-6-12)14-13(16)11-17-19(14)10-9-18(2)3/h11-12,20H,4-10H2,1-3H3. The summed E-state index contributed by atoms with van der Waals surface area (Å²) >= 11 is 3.57. The van der Waals surface area contributed by atoms with Crippen molar-refractivity contribution in [3.8, 4) is 0 Å². The van der Waals surface area contributed by atoms with Crippen LogP contribution in [0.4, 0.5) is 0 Å². The van der Waals surface area contributed by atoms with E-state index in [1.54, 1.807) is 0 Å². The summed E-state index contributed by atoms with van der Waals surface area (Å²) in [6, 6.07) is 0. The number of aromatic nitrogens is 2. The van der Waals surface area contributed by atoms with E-state index in [0.29, 0.717) is 0 Å². The second-order valence-electron chi connectivity index (χ2n) is 6.25. The molecule has 114 valence electrons. The van der Waals surface area contributed by atoms with E-state index in [9.17, 15) is 5.11 Å². The van der Waals surface area contributed by atoms with Gasteiger partial charge in [-0.2, -0.15) is 5.10 Å². The Hall–Kier alpha value is -0.390. The average Bonchev–Trinajstić information content (AvgIpc) is 2.79. The SMILES string of the molecule is CCC1CCC(O)(c2c(Br)cnn2CCN(C)C)CC1. The average molecular weight is 344 g/mol. The van der Waals surface area contributed by atoms with Crippen molar-refractivity contribution < 1.29 is 5.11 Å². The van der Waals surface area contributed by atoms with Crippen molar-refractivity contribution in [3.63, 3.8) is 0 Å². The summed E-state index contributed by atoms with van der Waals surface area (Å²) in [6.45, 7) is 3.98. The first kappa shape index (κ1) is 16.0. The summed E-state index contributed by atoms with van der Waals surface area (Å²) in [7, 11) is 4.11. The molecule has 0 spiro atoms. The molecule has 2 rings (SSSR count). The maximum Gasteiger partial charge on any atom is 0.107 e. The van der Waals surface area contributed by atoms with Crippen LogP contribution < -0.4 is 0 Å². The lowest BCUT2D eigenvalue weighted by Gasteiger charge is -2.36. The quantitative estimate of drug-likeness (QED) is 0.893. The first-order valence-corrected chi connectivity index (χ1v) is 8.34. The Morgan fingerprint density at radius 3 is 2.65 bits per heavy atom. The molecule has 0 bridgehead atoms. The Kier molecular flexibility index (Phi) is 5.26. The predicted molar refractivity (Wildman–Crippen MR) is 84.6 cm³/mol. The van der Waals surface area contributed by atoms with E-state index in [2.05, 4.69) is 46.9 Å². The van der Waals surface area contributed by atoms with E-state index in [4.69, 9.17) is 0 Å². The lowest BCUT2D eigenvalue weighted by atomic mass is 9.76. The maximum atomic E-state index is 11.1. The Labute approximate surface area is 130 Å². The molecule has 20 heavy (non-hydrogen) atoms. The number of aliphatic hydroxyl groups is 1. The molecule has 1 aromatic heterocycles. The van der Waals surface area contributed by atoms with Crippen LogP contribution in [0.1, 0.15) is 44.7 Å². The molecule has 5 heteroatoms. The molecule has 0 aromatic carbocycles. The third kappa shape index (κ3) is 3.43. The van der Waals surface area contributed by atoms with Crippen LogP contribution >= 0.6 is 15.9 Å². The molecule has 0 amide bonds. The van der Waals surface area contributed by atoms with Gasteiger partial charge < -0.3 is 10.0 Å². The van der Waals surface area contributed by atoms with Crippen LogP contribution in [0.25, 0.3) is 0 Å². The first-order chi connectivity index (χ1) is 9.46. The van der Waals surface area contributed by atoms with Gasteiger partial charge in [0.25, 0.3) is 0 Å². The molecule has 1 saturated carbocycles. The Bertz CT molecular complexity index is 436. The number of hydrogen-bond acceptors (Lipinski definition) is 3. The first-order valence-electron chi connectivity index (χ1n) is 7.55. The van der Waals surface area contributed by atoms with Gasteiger partial charge in [0.15, 0.2) is 0 Å². The fourth-order valence-corrected chi connectivity index (χ4v) is 3.75. The van der Waals surface area contributed by atoms with Gasteiger partial charge in [0.1, 0.15) is 5.60 Å². The van der Waals surface area contributed by atoms with Crippen molar-refractivity contribution in [2.24, 2.45) is 5.92 Å². The molecule has 4 nitrogen and oxygen atoms in total. The predicted octanol–water partition coefficient (Wildman–Crippen LogP) is 3.00. The number of nitrogens with zero attached hydrogens (tertiary/aromatic N) is 3. The van der Waals surface area contributed by atoms with Gasteiger partial charge in [0, 0.05) is 6.54 Å². The molecular formula is C15H26BrN3O. The minimum Gasteiger partial charge on any atom is -0.384 e. The van der Waals surface area contributed by atoms with E-state index in [1.165, 1.54) is 6.42 Å². The van der Waals surface area contributed by atoms with Gasteiger partial charge in [-0.3, -0.25) is 4.68 Å².